The van der Waals surface area contributed by atoms with Crippen LogP contribution in [0.2, 0.25) is 0 Å². The van der Waals surface area contributed by atoms with Gasteiger partial charge in [0.2, 0.25) is 0 Å². The van der Waals surface area contributed by atoms with Gasteiger partial charge in [0, 0.05) is 6.20 Å². The quantitative estimate of drug-likeness (QED) is 0.844. The molecule has 2 aromatic rings. The van der Waals surface area contributed by atoms with Gasteiger partial charge in [-0.3, -0.25) is 4.68 Å². The molecule has 1 heterocycles. The standard InChI is InChI=1S/C12H13IN2O2/c13-10-6-14-15(7-10)8-11(16)9-17-12-4-2-1-3-5-12/h1-7,11,16H,8-9H2/t11-/m0/s1. The van der Waals surface area contributed by atoms with Crippen molar-refractivity contribution < 1.29 is 9.84 Å². The van der Waals surface area contributed by atoms with E-state index in [0.29, 0.717) is 6.54 Å². The zero-order valence-corrected chi connectivity index (χ0v) is 11.3. The third-order valence-corrected chi connectivity index (χ3v) is 2.74. The number of hydrogen-bond donors (Lipinski definition) is 1. The van der Waals surface area contributed by atoms with Crippen LogP contribution in [0.1, 0.15) is 0 Å². The van der Waals surface area contributed by atoms with E-state index in [1.165, 1.54) is 0 Å². The van der Waals surface area contributed by atoms with Crippen LogP contribution in [0, 0.1) is 3.57 Å². The number of aromatic nitrogens is 2. The van der Waals surface area contributed by atoms with E-state index in [1.807, 2.05) is 36.5 Å². The van der Waals surface area contributed by atoms with E-state index in [4.69, 9.17) is 4.74 Å². The second-order valence-corrected chi connectivity index (χ2v) is 4.90. The maximum atomic E-state index is 9.78. The summed E-state index contributed by atoms with van der Waals surface area (Å²) in [6.07, 6.45) is 3.07. The number of ether oxygens (including phenoxy) is 1. The highest BCUT2D eigenvalue weighted by Crippen LogP contribution is 2.09. The van der Waals surface area contributed by atoms with Crippen LogP contribution in [0.3, 0.4) is 0 Å². The van der Waals surface area contributed by atoms with Gasteiger partial charge in [-0.15, -0.1) is 0 Å². The zero-order chi connectivity index (χ0) is 12.1. The summed E-state index contributed by atoms with van der Waals surface area (Å²) in [4.78, 5) is 0. The first-order valence-corrected chi connectivity index (χ1v) is 6.36. The van der Waals surface area contributed by atoms with Gasteiger partial charge in [0.05, 0.1) is 16.3 Å². The number of para-hydroxylation sites is 1. The molecule has 1 N–H and O–H groups in total. The highest BCUT2D eigenvalue weighted by molar-refractivity contribution is 14.1. The zero-order valence-electron chi connectivity index (χ0n) is 9.16. The summed E-state index contributed by atoms with van der Waals surface area (Å²) in [5.41, 5.74) is 0. The van der Waals surface area contributed by atoms with Gasteiger partial charge >= 0.3 is 0 Å². The van der Waals surface area contributed by atoms with E-state index in [9.17, 15) is 5.11 Å². The molecule has 1 aromatic heterocycles. The fraction of sp³-hybridized carbons (Fsp3) is 0.250. The predicted octanol–water partition coefficient (Wildman–Crippen LogP) is 1.93. The Labute approximate surface area is 113 Å². The first-order valence-electron chi connectivity index (χ1n) is 5.28. The lowest BCUT2D eigenvalue weighted by Gasteiger charge is -2.12. The van der Waals surface area contributed by atoms with Gasteiger partial charge < -0.3 is 9.84 Å². The third kappa shape index (κ3) is 4.01. The van der Waals surface area contributed by atoms with Crippen molar-refractivity contribution in [3.8, 4) is 5.75 Å². The topological polar surface area (TPSA) is 47.3 Å². The summed E-state index contributed by atoms with van der Waals surface area (Å²) in [7, 11) is 0. The van der Waals surface area contributed by atoms with Crippen LogP contribution in [-0.4, -0.2) is 27.6 Å². The summed E-state index contributed by atoms with van der Waals surface area (Å²) in [6, 6.07) is 9.46. The van der Waals surface area contributed by atoms with Crippen molar-refractivity contribution in [2.45, 2.75) is 12.6 Å². The molecule has 0 unspecified atom stereocenters. The molecule has 0 aliphatic carbocycles. The molecule has 0 aliphatic heterocycles. The molecule has 1 aromatic carbocycles. The molecule has 0 spiro atoms. The average Bonchev–Trinajstić information content (AvgIpc) is 2.73. The molecule has 2 rings (SSSR count). The molecular weight excluding hydrogens is 331 g/mol. The molecule has 0 saturated heterocycles. The van der Waals surface area contributed by atoms with E-state index < -0.39 is 6.10 Å². The molecule has 4 nitrogen and oxygen atoms in total. The molecule has 0 bridgehead atoms. The number of nitrogens with zero attached hydrogens (tertiary/aromatic N) is 2. The SMILES string of the molecule is O[C@H](COc1ccccc1)Cn1cc(I)cn1. The van der Waals surface area contributed by atoms with E-state index in [1.54, 1.807) is 10.9 Å². The van der Waals surface area contributed by atoms with E-state index >= 15 is 0 Å². The van der Waals surface area contributed by atoms with Gasteiger partial charge in [-0.05, 0) is 34.7 Å². The summed E-state index contributed by atoms with van der Waals surface area (Å²) >= 11 is 2.18. The van der Waals surface area contributed by atoms with Crippen LogP contribution >= 0.6 is 22.6 Å². The predicted molar refractivity (Wildman–Crippen MR) is 72.9 cm³/mol. The Hall–Kier alpha value is -1.08. The van der Waals surface area contributed by atoms with E-state index in [0.717, 1.165) is 9.32 Å². The molecule has 0 amide bonds. The van der Waals surface area contributed by atoms with Crippen molar-refractivity contribution >= 4 is 22.6 Å². The van der Waals surface area contributed by atoms with Gasteiger partial charge in [-0.1, -0.05) is 18.2 Å². The molecule has 90 valence electrons. The molecule has 17 heavy (non-hydrogen) atoms. The lowest BCUT2D eigenvalue weighted by atomic mass is 10.3. The maximum absolute atomic E-state index is 9.78. The highest BCUT2D eigenvalue weighted by Gasteiger charge is 2.07. The van der Waals surface area contributed by atoms with Crippen molar-refractivity contribution in [3.05, 3.63) is 46.3 Å². The minimum Gasteiger partial charge on any atom is -0.491 e. The number of benzene rings is 1. The minimum atomic E-state index is -0.564. The summed E-state index contributed by atoms with van der Waals surface area (Å²) in [5.74, 6) is 0.765. The Kier molecular flexibility index (Phi) is 4.38. The van der Waals surface area contributed by atoms with Crippen molar-refractivity contribution in [1.82, 2.24) is 9.78 Å². The second-order valence-electron chi connectivity index (χ2n) is 3.66. The van der Waals surface area contributed by atoms with Gasteiger partial charge in [0.15, 0.2) is 0 Å². The molecular formula is C12H13IN2O2. The van der Waals surface area contributed by atoms with Crippen LogP contribution in [-0.2, 0) is 6.54 Å². The largest absolute Gasteiger partial charge is 0.491 e. The molecule has 0 fully saturated rings. The molecule has 0 saturated carbocycles. The van der Waals surface area contributed by atoms with Gasteiger partial charge in [-0.2, -0.15) is 5.10 Å². The van der Waals surface area contributed by atoms with Gasteiger partial charge in [-0.25, -0.2) is 0 Å². The van der Waals surface area contributed by atoms with E-state index in [-0.39, 0.29) is 6.61 Å². The van der Waals surface area contributed by atoms with Crippen molar-refractivity contribution in [2.24, 2.45) is 0 Å². The molecule has 0 aliphatic rings. The summed E-state index contributed by atoms with van der Waals surface area (Å²) in [6.45, 7) is 0.705. The summed E-state index contributed by atoms with van der Waals surface area (Å²) < 4.78 is 8.22. The van der Waals surface area contributed by atoms with Crippen molar-refractivity contribution in [2.75, 3.05) is 6.61 Å². The first kappa shape index (κ1) is 12.4. The number of aliphatic hydroxyl groups is 1. The number of aliphatic hydroxyl groups excluding tert-OH is 1. The third-order valence-electron chi connectivity index (χ3n) is 2.19. The van der Waals surface area contributed by atoms with Gasteiger partial charge in [0.25, 0.3) is 0 Å². The lowest BCUT2D eigenvalue weighted by molar-refractivity contribution is 0.0893. The molecule has 1 atom stereocenters. The Morgan fingerprint density at radius 2 is 2.12 bits per heavy atom. The van der Waals surface area contributed by atoms with Crippen LogP contribution in [0.15, 0.2) is 42.7 Å². The smallest absolute Gasteiger partial charge is 0.119 e. The number of rotatable bonds is 5. The normalized spacial score (nSPS) is 12.4. The van der Waals surface area contributed by atoms with Crippen LogP contribution in [0.25, 0.3) is 0 Å². The maximum Gasteiger partial charge on any atom is 0.119 e. The van der Waals surface area contributed by atoms with Crippen LogP contribution < -0.4 is 4.74 Å². The summed E-state index contributed by atoms with van der Waals surface area (Å²) in [5, 5.41) is 13.9. The van der Waals surface area contributed by atoms with Gasteiger partial charge in [0.1, 0.15) is 18.5 Å². The number of halogens is 1. The van der Waals surface area contributed by atoms with E-state index in [2.05, 4.69) is 27.7 Å². The van der Waals surface area contributed by atoms with Crippen molar-refractivity contribution in [1.29, 1.82) is 0 Å². The highest BCUT2D eigenvalue weighted by atomic mass is 127. The Balaban J connectivity index is 1.80. The average molecular weight is 344 g/mol. The first-order chi connectivity index (χ1) is 8.24. The fourth-order valence-electron chi connectivity index (χ4n) is 1.42. The Morgan fingerprint density at radius 3 is 2.76 bits per heavy atom. The Bertz CT molecular complexity index is 459. The van der Waals surface area contributed by atoms with Crippen LogP contribution in [0.5, 0.6) is 5.75 Å². The van der Waals surface area contributed by atoms with Crippen LogP contribution in [0.4, 0.5) is 0 Å². The van der Waals surface area contributed by atoms with Crippen molar-refractivity contribution in [3.63, 3.8) is 0 Å². The fourth-order valence-corrected chi connectivity index (χ4v) is 1.86. The second kappa shape index (κ2) is 6.02. The molecule has 5 heteroatoms. The monoisotopic (exact) mass is 344 g/mol. The molecule has 0 radical (unpaired) electrons. The Morgan fingerprint density at radius 1 is 1.35 bits per heavy atom. The lowest BCUT2D eigenvalue weighted by Crippen LogP contribution is -2.23. The minimum absolute atomic E-state index is 0.264. The number of hydrogen-bond acceptors (Lipinski definition) is 3.